The normalized spacial score (nSPS) is 14.1. The van der Waals surface area contributed by atoms with Crippen molar-refractivity contribution in [2.24, 2.45) is 0 Å². The summed E-state index contributed by atoms with van der Waals surface area (Å²) in [6.07, 6.45) is -3.46. The van der Waals surface area contributed by atoms with E-state index in [-0.39, 0.29) is 24.0 Å². The highest BCUT2D eigenvalue weighted by Crippen LogP contribution is 2.35. The van der Waals surface area contributed by atoms with Crippen LogP contribution in [0, 0.1) is 0 Å². The van der Waals surface area contributed by atoms with E-state index in [9.17, 15) is 18.0 Å². The molecule has 31 heavy (non-hydrogen) atoms. The van der Waals surface area contributed by atoms with Crippen LogP contribution in [0.5, 0.6) is 0 Å². The molecule has 1 fully saturated rings. The summed E-state index contributed by atoms with van der Waals surface area (Å²) in [5.41, 5.74) is -0.229. The first-order chi connectivity index (χ1) is 14.4. The van der Waals surface area contributed by atoms with E-state index in [0.29, 0.717) is 5.56 Å². The van der Waals surface area contributed by atoms with Crippen molar-refractivity contribution in [1.82, 2.24) is 15.3 Å². The maximum atomic E-state index is 13.4. The fourth-order valence-electron chi connectivity index (χ4n) is 3.10. The zero-order valence-electron chi connectivity index (χ0n) is 16.1. The number of alkyl halides is 3. The molecule has 164 valence electrons. The predicted molar refractivity (Wildman–Crippen MR) is 111 cm³/mol. The van der Waals surface area contributed by atoms with Gasteiger partial charge in [-0.15, -0.1) is 12.4 Å². The van der Waals surface area contributed by atoms with Crippen LogP contribution in [0.3, 0.4) is 0 Å². The predicted octanol–water partition coefficient (Wildman–Crippen LogP) is 3.84. The number of pyridine rings is 1. The lowest BCUT2D eigenvalue weighted by Gasteiger charge is -2.28. The summed E-state index contributed by atoms with van der Waals surface area (Å²) in [6.45, 7) is 3.29. The lowest BCUT2D eigenvalue weighted by atomic mass is 10.2. The fraction of sp³-hybridized carbons (Fsp3) is 0.250. The number of carbonyl (C=O) groups is 1. The Balaban J connectivity index is 0.00000272. The van der Waals surface area contributed by atoms with Crippen molar-refractivity contribution >= 4 is 29.8 Å². The molecule has 1 aromatic carbocycles. The molecule has 1 aliphatic heterocycles. The Morgan fingerprint density at radius 1 is 1.10 bits per heavy atom. The maximum Gasteiger partial charge on any atom is 0.452 e. The summed E-state index contributed by atoms with van der Waals surface area (Å²) in [5.74, 6) is -2.01. The molecule has 0 radical (unpaired) electrons. The molecular weight excluding hydrogens is 435 g/mol. The molecular formula is C20H19ClF3N5O2. The first-order valence-corrected chi connectivity index (χ1v) is 9.28. The largest absolute Gasteiger partial charge is 0.452 e. The van der Waals surface area contributed by atoms with Crippen molar-refractivity contribution in [1.29, 1.82) is 0 Å². The minimum absolute atomic E-state index is 0. The zero-order chi connectivity index (χ0) is 21.1. The van der Waals surface area contributed by atoms with Crippen LogP contribution < -0.4 is 15.5 Å². The minimum atomic E-state index is -4.86. The van der Waals surface area contributed by atoms with Crippen LogP contribution in [-0.4, -0.2) is 42.1 Å². The number of aromatic nitrogens is 2. The lowest BCUT2D eigenvalue weighted by molar-refractivity contribution is -0.153. The summed E-state index contributed by atoms with van der Waals surface area (Å²) >= 11 is 0. The first kappa shape index (κ1) is 22.6. The van der Waals surface area contributed by atoms with Crippen molar-refractivity contribution in [2.75, 3.05) is 36.4 Å². The molecule has 0 spiro atoms. The molecule has 2 N–H and O–H groups in total. The Morgan fingerprint density at radius 3 is 2.42 bits per heavy atom. The van der Waals surface area contributed by atoms with E-state index in [1.54, 1.807) is 42.5 Å². The van der Waals surface area contributed by atoms with E-state index in [2.05, 4.69) is 25.5 Å². The SMILES string of the molecule is Cl.O=C(Nc1ccc(N2CCNCC2)nc1)c1nc(-c2ccccc2)oc1C(F)(F)F. The number of oxazole rings is 1. The van der Waals surface area contributed by atoms with Gasteiger partial charge in [0.2, 0.25) is 11.7 Å². The molecule has 3 aromatic rings. The average Bonchev–Trinajstić information content (AvgIpc) is 3.22. The second kappa shape index (κ2) is 9.36. The topological polar surface area (TPSA) is 83.3 Å². The highest BCUT2D eigenvalue weighted by molar-refractivity contribution is 6.04. The molecule has 1 saturated heterocycles. The molecule has 0 saturated carbocycles. The Morgan fingerprint density at radius 2 is 1.81 bits per heavy atom. The van der Waals surface area contributed by atoms with E-state index in [4.69, 9.17) is 4.42 Å². The van der Waals surface area contributed by atoms with Crippen LogP contribution in [0.15, 0.2) is 53.1 Å². The molecule has 0 unspecified atom stereocenters. The highest BCUT2D eigenvalue weighted by atomic mass is 35.5. The Labute approximate surface area is 182 Å². The summed E-state index contributed by atoms with van der Waals surface area (Å²) in [7, 11) is 0. The quantitative estimate of drug-likeness (QED) is 0.624. The summed E-state index contributed by atoms with van der Waals surface area (Å²) in [4.78, 5) is 22.7. The molecule has 3 heterocycles. The van der Waals surface area contributed by atoms with Gasteiger partial charge in [-0.1, -0.05) is 18.2 Å². The molecule has 2 aromatic heterocycles. The number of rotatable bonds is 4. The maximum absolute atomic E-state index is 13.4. The van der Waals surface area contributed by atoms with Crippen molar-refractivity contribution in [3.8, 4) is 11.5 Å². The number of hydrogen-bond donors (Lipinski definition) is 2. The summed E-state index contributed by atoms with van der Waals surface area (Å²) in [6, 6.07) is 11.4. The smallest absolute Gasteiger partial charge is 0.431 e. The Hall–Kier alpha value is -3.11. The molecule has 4 rings (SSSR count). The highest BCUT2D eigenvalue weighted by Gasteiger charge is 2.42. The number of anilines is 2. The third-order valence-corrected chi connectivity index (χ3v) is 4.57. The molecule has 1 amide bonds. The number of carbonyl (C=O) groups excluding carboxylic acids is 1. The van der Waals surface area contributed by atoms with Gasteiger partial charge in [0.15, 0.2) is 5.69 Å². The summed E-state index contributed by atoms with van der Waals surface area (Å²) < 4.78 is 45.1. The van der Waals surface area contributed by atoms with E-state index in [0.717, 1.165) is 32.0 Å². The monoisotopic (exact) mass is 453 g/mol. The van der Waals surface area contributed by atoms with Gasteiger partial charge < -0.3 is 20.0 Å². The van der Waals surface area contributed by atoms with Crippen molar-refractivity contribution < 1.29 is 22.4 Å². The van der Waals surface area contributed by atoms with Gasteiger partial charge in [-0.25, -0.2) is 9.97 Å². The molecule has 1 aliphatic rings. The van der Waals surface area contributed by atoms with Crippen LogP contribution >= 0.6 is 12.4 Å². The summed E-state index contributed by atoms with van der Waals surface area (Å²) in [5, 5.41) is 5.65. The molecule has 0 bridgehead atoms. The number of halogens is 4. The van der Waals surface area contributed by atoms with Crippen LogP contribution in [0.25, 0.3) is 11.5 Å². The molecule has 11 heteroatoms. The van der Waals surface area contributed by atoms with E-state index >= 15 is 0 Å². The van der Waals surface area contributed by atoms with Crippen LogP contribution in [0.2, 0.25) is 0 Å². The fourth-order valence-corrected chi connectivity index (χ4v) is 3.10. The van der Waals surface area contributed by atoms with Gasteiger partial charge in [0.25, 0.3) is 5.91 Å². The van der Waals surface area contributed by atoms with Crippen molar-refractivity contribution in [2.45, 2.75) is 6.18 Å². The van der Waals surface area contributed by atoms with Crippen LogP contribution in [-0.2, 0) is 6.18 Å². The van der Waals surface area contributed by atoms with Gasteiger partial charge in [-0.05, 0) is 24.3 Å². The Bertz CT molecular complexity index is 1020. The molecule has 7 nitrogen and oxygen atoms in total. The molecule has 0 aliphatic carbocycles. The number of hydrogen-bond acceptors (Lipinski definition) is 6. The van der Waals surface area contributed by atoms with Gasteiger partial charge in [0, 0.05) is 31.7 Å². The van der Waals surface area contributed by atoms with E-state index in [1.807, 2.05) is 0 Å². The van der Waals surface area contributed by atoms with E-state index in [1.165, 1.54) is 6.20 Å². The average molecular weight is 454 g/mol. The molecule has 0 atom stereocenters. The van der Waals surface area contributed by atoms with Gasteiger partial charge in [-0.2, -0.15) is 13.2 Å². The second-order valence-electron chi connectivity index (χ2n) is 6.66. The van der Waals surface area contributed by atoms with Gasteiger partial charge in [-0.3, -0.25) is 4.79 Å². The number of nitrogens with one attached hydrogen (secondary N) is 2. The van der Waals surface area contributed by atoms with Crippen LogP contribution in [0.4, 0.5) is 24.7 Å². The number of nitrogens with zero attached hydrogens (tertiary/aromatic N) is 3. The Kier molecular flexibility index (Phi) is 6.81. The van der Waals surface area contributed by atoms with Crippen molar-refractivity contribution in [3.05, 3.63) is 60.1 Å². The number of piperazine rings is 1. The lowest BCUT2D eigenvalue weighted by Crippen LogP contribution is -2.43. The van der Waals surface area contributed by atoms with E-state index < -0.39 is 23.5 Å². The number of benzene rings is 1. The minimum Gasteiger partial charge on any atom is -0.431 e. The third-order valence-electron chi connectivity index (χ3n) is 4.57. The van der Waals surface area contributed by atoms with Gasteiger partial charge in [0.1, 0.15) is 5.82 Å². The third kappa shape index (κ3) is 5.15. The second-order valence-corrected chi connectivity index (χ2v) is 6.66. The van der Waals surface area contributed by atoms with Crippen molar-refractivity contribution in [3.63, 3.8) is 0 Å². The van der Waals surface area contributed by atoms with Gasteiger partial charge >= 0.3 is 6.18 Å². The zero-order valence-corrected chi connectivity index (χ0v) is 17.0. The number of amides is 1. The van der Waals surface area contributed by atoms with Crippen LogP contribution in [0.1, 0.15) is 16.2 Å². The standard InChI is InChI=1S/C20H18F3N5O2.ClH/c21-20(22,23)17-16(27-19(30-17)13-4-2-1-3-5-13)18(29)26-14-6-7-15(25-12-14)28-10-8-24-9-11-28;/h1-7,12,24H,8-11H2,(H,26,29);1H. The first-order valence-electron chi connectivity index (χ1n) is 9.28. The van der Waals surface area contributed by atoms with Gasteiger partial charge in [0.05, 0.1) is 11.9 Å².